The lowest BCUT2D eigenvalue weighted by molar-refractivity contribution is -0.177. The Morgan fingerprint density at radius 1 is 1.00 bits per heavy atom. The number of ether oxygens (including phenoxy) is 1. The van der Waals surface area contributed by atoms with Crippen LogP contribution in [-0.2, 0) is 19.2 Å². The Hall–Kier alpha value is -2.47. The number of hydroxylamine groups is 2. The zero-order chi connectivity index (χ0) is 14.6. The third kappa shape index (κ3) is 1.66. The number of amides is 2. The maximum atomic E-state index is 12.3. The average molecular weight is 285 g/mol. The molecule has 4 atom stereocenters. The van der Waals surface area contributed by atoms with E-state index in [4.69, 9.17) is 9.57 Å². The van der Waals surface area contributed by atoms with Crippen molar-refractivity contribution >= 4 is 17.8 Å². The van der Waals surface area contributed by atoms with Crippen LogP contribution in [0.1, 0.15) is 10.4 Å². The van der Waals surface area contributed by atoms with Gasteiger partial charge in [0.1, 0.15) is 0 Å². The van der Waals surface area contributed by atoms with Crippen LogP contribution in [0.5, 0.6) is 0 Å². The van der Waals surface area contributed by atoms with Gasteiger partial charge in [0, 0.05) is 0 Å². The number of carbonyl (C=O) groups is 3. The molecule has 0 saturated carbocycles. The first-order chi connectivity index (χ1) is 10.2. The Bertz CT molecular complexity index is 638. The number of hydrogen-bond donors (Lipinski definition) is 0. The van der Waals surface area contributed by atoms with Crippen molar-refractivity contribution in [1.29, 1.82) is 0 Å². The molecule has 0 N–H and O–H groups in total. The minimum absolute atomic E-state index is 0.285. The molecule has 0 unspecified atom stereocenters. The Morgan fingerprint density at radius 2 is 1.57 bits per heavy atom. The van der Waals surface area contributed by atoms with Gasteiger partial charge < -0.3 is 9.57 Å². The molecule has 4 rings (SSSR count). The molecule has 3 aliphatic rings. The molecule has 0 spiro atoms. The van der Waals surface area contributed by atoms with Gasteiger partial charge in [0.2, 0.25) is 0 Å². The van der Waals surface area contributed by atoms with Crippen LogP contribution in [0.4, 0.5) is 0 Å². The number of carbonyl (C=O) groups excluding carboxylic acids is 3. The number of rotatable bonds is 2. The second-order valence-corrected chi connectivity index (χ2v) is 5.22. The Balaban J connectivity index is 1.56. The number of nitrogens with zero attached hydrogens (tertiary/aromatic N) is 1. The molecule has 1 aromatic rings. The first-order valence-corrected chi connectivity index (χ1v) is 6.66. The lowest BCUT2D eigenvalue weighted by atomic mass is 9.85. The fraction of sp³-hybridized carbons (Fsp3) is 0.267. The van der Waals surface area contributed by atoms with Crippen molar-refractivity contribution in [2.24, 2.45) is 11.8 Å². The maximum absolute atomic E-state index is 12.3. The van der Waals surface area contributed by atoms with E-state index in [1.807, 2.05) is 0 Å². The zero-order valence-corrected chi connectivity index (χ0v) is 10.8. The van der Waals surface area contributed by atoms with Crippen molar-refractivity contribution in [3.05, 3.63) is 48.0 Å². The largest absolute Gasteiger partial charge is 0.365 e. The van der Waals surface area contributed by atoms with E-state index >= 15 is 0 Å². The molecule has 2 fully saturated rings. The molecular weight excluding hydrogens is 274 g/mol. The van der Waals surface area contributed by atoms with Crippen LogP contribution in [0.3, 0.4) is 0 Å². The maximum Gasteiger partial charge on any atom is 0.363 e. The van der Waals surface area contributed by atoms with Crippen LogP contribution < -0.4 is 0 Å². The van der Waals surface area contributed by atoms with E-state index in [-0.39, 0.29) is 5.56 Å². The molecule has 1 aromatic carbocycles. The predicted molar refractivity (Wildman–Crippen MR) is 68.5 cm³/mol. The van der Waals surface area contributed by atoms with Crippen molar-refractivity contribution in [1.82, 2.24) is 5.06 Å². The number of benzene rings is 1. The fourth-order valence-corrected chi connectivity index (χ4v) is 3.08. The fourth-order valence-electron chi connectivity index (χ4n) is 3.08. The van der Waals surface area contributed by atoms with Gasteiger partial charge in [0.25, 0.3) is 11.8 Å². The molecule has 3 aliphatic heterocycles. The highest BCUT2D eigenvalue weighted by Crippen LogP contribution is 2.45. The third-order valence-corrected chi connectivity index (χ3v) is 4.05. The summed E-state index contributed by atoms with van der Waals surface area (Å²) in [7, 11) is 0. The summed E-state index contributed by atoms with van der Waals surface area (Å²) in [6.07, 6.45) is 2.77. The first-order valence-electron chi connectivity index (χ1n) is 6.66. The van der Waals surface area contributed by atoms with E-state index in [1.165, 1.54) is 0 Å². The topological polar surface area (TPSA) is 72.9 Å². The van der Waals surface area contributed by atoms with E-state index < -0.39 is 41.8 Å². The van der Waals surface area contributed by atoms with Crippen molar-refractivity contribution < 1.29 is 24.0 Å². The minimum atomic E-state index is -0.724. The van der Waals surface area contributed by atoms with Gasteiger partial charge in [0.15, 0.2) is 0 Å². The number of fused-ring (bicyclic) bond motifs is 5. The van der Waals surface area contributed by atoms with E-state index in [0.29, 0.717) is 5.06 Å². The minimum Gasteiger partial charge on any atom is -0.365 e. The van der Waals surface area contributed by atoms with Crippen LogP contribution in [0.2, 0.25) is 0 Å². The molecular formula is C15H11NO5. The quantitative estimate of drug-likeness (QED) is 0.590. The summed E-state index contributed by atoms with van der Waals surface area (Å²) in [6.45, 7) is 0. The zero-order valence-electron chi connectivity index (χ0n) is 10.8. The molecule has 106 valence electrons. The number of hydrogen-bond acceptors (Lipinski definition) is 5. The summed E-state index contributed by atoms with van der Waals surface area (Å²) in [5, 5.41) is 0.597. The summed E-state index contributed by atoms with van der Waals surface area (Å²) in [5.41, 5.74) is 0.285. The third-order valence-electron chi connectivity index (χ3n) is 4.05. The second-order valence-electron chi connectivity index (χ2n) is 5.22. The molecule has 0 aromatic heterocycles. The van der Waals surface area contributed by atoms with Gasteiger partial charge in [-0.3, -0.25) is 9.59 Å². The molecule has 21 heavy (non-hydrogen) atoms. The summed E-state index contributed by atoms with van der Waals surface area (Å²) in [5.74, 6) is -2.89. The molecule has 3 heterocycles. The molecule has 6 heteroatoms. The molecule has 0 aliphatic carbocycles. The van der Waals surface area contributed by atoms with E-state index in [0.717, 1.165) is 0 Å². The van der Waals surface area contributed by atoms with Crippen LogP contribution >= 0.6 is 0 Å². The van der Waals surface area contributed by atoms with Crippen molar-refractivity contribution in [2.75, 3.05) is 0 Å². The highest BCUT2D eigenvalue weighted by Gasteiger charge is 2.62. The van der Waals surface area contributed by atoms with Gasteiger partial charge in [0.05, 0.1) is 29.6 Å². The van der Waals surface area contributed by atoms with E-state index in [1.54, 1.807) is 42.5 Å². The summed E-state index contributed by atoms with van der Waals surface area (Å²) < 4.78 is 5.50. The molecule has 2 saturated heterocycles. The van der Waals surface area contributed by atoms with Gasteiger partial charge in [-0.2, -0.15) is 0 Å². The summed E-state index contributed by atoms with van der Waals surface area (Å²) >= 11 is 0. The highest BCUT2D eigenvalue weighted by atomic mass is 16.7. The smallest absolute Gasteiger partial charge is 0.363 e. The average Bonchev–Trinajstić information content (AvgIpc) is 3.18. The normalized spacial score (nSPS) is 32.7. The van der Waals surface area contributed by atoms with Crippen LogP contribution in [0, 0.1) is 11.8 Å². The SMILES string of the molecule is O=C(ON1C(=O)[C@@H]2[C@@H](C1=O)[C@H]1C=C[C@@H]2O1)c1ccccc1. The Kier molecular flexibility index (Phi) is 2.49. The molecule has 0 radical (unpaired) electrons. The molecule has 6 nitrogen and oxygen atoms in total. The monoisotopic (exact) mass is 285 g/mol. The van der Waals surface area contributed by atoms with Gasteiger partial charge in [-0.15, -0.1) is 5.06 Å². The van der Waals surface area contributed by atoms with Gasteiger partial charge in [-0.25, -0.2) is 4.79 Å². The van der Waals surface area contributed by atoms with E-state index in [9.17, 15) is 14.4 Å². The van der Waals surface area contributed by atoms with Crippen LogP contribution in [-0.4, -0.2) is 35.1 Å². The second kappa shape index (κ2) is 4.26. The van der Waals surface area contributed by atoms with Crippen LogP contribution in [0.15, 0.2) is 42.5 Å². The Labute approximate surface area is 119 Å². The van der Waals surface area contributed by atoms with Crippen molar-refractivity contribution in [3.8, 4) is 0 Å². The van der Waals surface area contributed by atoms with Crippen molar-refractivity contribution in [3.63, 3.8) is 0 Å². The van der Waals surface area contributed by atoms with Crippen LogP contribution in [0.25, 0.3) is 0 Å². The van der Waals surface area contributed by atoms with Gasteiger partial charge in [-0.05, 0) is 12.1 Å². The summed E-state index contributed by atoms with van der Waals surface area (Å²) in [6, 6.07) is 8.23. The standard InChI is InChI=1S/C15H11NO5/c17-13-11-9-6-7-10(20-9)12(11)14(18)16(13)21-15(19)8-4-2-1-3-5-8/h1-7,9-12H/t9-,10+,11-,12-/m0/s1. The van der Waals surface area contributed by atoms with Gasteiger partial charge >= 0.3 is 5.97 Å². The van der Waals surface area contributed by atoms with Gasteiger partial charge in [-0.1, -0.05) is 30.4 Å². The Morgan fingerprint density at radius 3 is 2.14 bits per heavy atom. The van der Waals surface area contributed by atoms with Crippen molar-refractivity contribution in [2.45, 2.75) is 12.2 Å². The lowest BCUT2D eigenvalue weighted by Gasteiger charge is -2.16. The first kappa shape index (κ1) is 12.3. The number of imide groups is 1. The summed E-state index contributed by atoms with van der Waals surface area (Å²) in [4.78, 5) is 41.5. The highest BCUT2D eigenvalue weighted by molar-refractivity contribution is 6.07. The van der Waals surface area contributed by atoms with E-state index in [2.05, 4.69) is 0 Å². The predicted octanol–water partition coefficient (Wildman–Crippen LogP) is 0.697. The molecule has 2 bridgehead atoms. The molecule has 2 amide bonds. The lowest BCUT2D eigenvalue weighted by Crippen LogP contribution is -2.36.